The summed E-state index contributed by atoms with van der Waals surface area (Å²) in [5.41, 5.74) is 7.48. The number of rotatable bonds is 4. The number of oxazole rings is 1. The van der Waals surface area contributed by atoms with Crippen LogP contribution in [0, 0.1) is 0 Å². The minimum Gasteiger partial charge on any atom is -0.436 e. The highest BCUT2D eigenvalue weighted by molar-refractivity contribution is 7.26. The van der Waals surface area contributed by atoms with Gasteiger partial charge in [-0.05, 0) is 36.4 Å². The van der Waals surface area contributed by atoms with Gasteiger partial charge in [0.1, 0.15) is 5.52 Å². The topological polar surface area (TPSA) is 51.8 Å². The summed E-state index contributed by atoms with van der Waals surface area (Å²) < 4.78 is 8.62. The van der Waals surface area contributed by atoms with Crippen LogP contribution in [-0.2, 0) is 0 Å². The minimum atomic E-state index is 0.624. The quantitative estimate of drug-likeness (QED) is 0.227. The van der Waals surface area contributed by atoms with Crippen LogP contribution >= 0.6 is 11.3 Å². The second-order valence-electron chi connectivity index (χ2n) is 9.64. The number of nitrogens with zero attached hydrogens (tertiary/aromatic N) is 3. The first-order chi connectivity index (χ1) is 19.8. The summed E-state index contributed by atoms with van der Waals surface area (Å²) in [6, 6.07) is 43.2. The van der Waals surface area contributed by atoms with E-state index in [9.17, 15) is 0 Å². The van der Waals surface area contributed by atoms with E-state index in [-0.39, 0.29) is 0 Å². The molecule has 3 heterocycles. The largest absolute Gasteiger partial charge is 0.436 e. The van der Waals surface area contributed by atoms with E-state index in [0.29, 0.717) is 11.7 Å². The molecule has 4 nitrogen and oxygen atoms in total. The number of hydrogen-bond acceptors (Lipinski definition) is 5. The Kier molecular flexibility index (Phi) is 5.28. The highest BCUT2D eigenvalue weighted by Crippen LogP contribution is 2.44. The molecule has 0 radical (unpaired) electrons. The second-order valence-corrected chi connectivity index (χ2v) is 10.7. The molecule has 0 unspecified atom stereocenters. The maximum Gasteiger partial charge on any atom is 0.227 e. The van der Waals surface area contributed by atoms with Gasteiger partial charge in [0.05, 0.1) is 11.4 Å². The molecule has 0 bridgehead atoms. The van der Waals surface area contributed by atoms with Gasteiger partial charge in [-0.25, -0.2) is 15.0 Å². The van der Waals surface area contributed by atoms with E-state index in [0.717, 1.165) is 55.5 Å². The average Bonchev–Trinajstić information content (AvgIpc) is 3.63. The van der Waals surface area contributed by atoms with Crippen LogP contribution in [0.4, 0.5) is 0 Å². The van der Waals surface area contributed by atoms with Gasteiger partial charge < -0.3 is 4.42 Å². The van der Waals surface area contributed by atoms with Crippen molar-refractivity contribution in [2.24, 2.45) is 0 Å². The summed E-state index contributed by atoms with van der Waals surface area (Å²) in [5.74, 6) is 1.33. The van der Waals surface area contributed by atoms with Crippen LogP contribution in [0.3, 0.4) is 0 Å². The average molecular weight is 532 g/mol. The zero-order valence-electron chi connectivity index (χ0n) is 21.3. The van der Waals surface area contributed by atoms with Gasteiger partial charge >= 0.3 is 0 Å². The number of fused-ring (bicyclic) bond motifs is 4. The molecule has 0 atom stereocenters. The van der Waals surface area contributed by atoms with Gasteiger partial charge in [0.25, 0.3) is 0 Å². The Hall–Kier alpha value is -5.13. The smallest absolute Gasteiger partial charge is 0.227 e. The van der Waals surface area contributed by atoms with E-state index in [1.165, 1.54) is 9.40 Å². The summed E-state index contributed by atoms with van der Waals surface area (Å²) in [7, 11) is 0. The van der Waals surface area contributed by atoms with Gasteiger partial charge in [-0.2, -0.15) is 0 Å². The van der Waals surface area contributed by atoms with Crippen LogP contribution in [0.15, 0.2) is 132 Å². The monoisotopic (exact) mass is 531 g/mol. The number of thiophene rings is 1. The lowest BCUT2D eigenvalue weighted by Gasteiger charge is -2.11. The van der Waals surface area contributed by atoms with Crippen molar-refractivity contribution < 1.29 is 4.42 Å². The molecule has 5 heteroatoms. The molecule has 5 aromatic carbocycles. The predicted octanol–water partition coefficient (Wildman–Crippen LogP) is 9.65. The Morgan fingerprint density at radius 1 is 0.500 bits per heavy atom. The molecule has 0 amide bonds. The summed E-state index contributed by atoms with van der Waals surface area (Å²) >= 11 is 1.77. The van der Waals surface area contributed by atoms with Crippen molar-refractivity contribution in [2.75, 3.05) is 0 Å². The number of benzene rings is 5. The molecule has 8 rings (SSSR count). The van der Waals surface area contributed by atoms with Gasteiger partial charge in [0.15, 0.2) is 11.4 Å². The molecule has 0 aliphatic heterocycles. The molecular formula is C35H21N3OS. The number of aromatic nitrogens is 3. The SMILES string of the molecule is c1ccc(-c2cc(-c3cccc4sc5cccc(-c6nc7ccccc7o6)c5c34)nc(-c3ccccc3)n2)cc1. The molecule has 0 aliphatic rings. The van der Waals surface area contributed by atoms with Gasteiger partial charge in [-0.15, -0.1) is 11.3 Å². The lowest BCUT2D eigenvalue weighted by atomic mass is 9.99. The predicted molar refractivity (Wildman–Crippen MR) is 164 cm³/mol. The maximum atomic E-state index is 6.25. The van der Waals surface area contributed by atoms with Gasteiger partial charge in [0.2, 0.25) is 5.89 Å². The minimum absolute atomic E-state index is 0.624. The van der Waals surface area contributed by atoms with Crippen molar-refractivity contribution in [2.45, 2.75) is 0 Å². The van der Waals surface area contributed by atoms with E-state index in [2.05, 4.69) is 66.7 Å². The fourth-order valence-electron chi connectivity index (χ4n) is 5.30. The molecule has 40 heavy (non-hydrogen) atoms. The molecule has 3 aromatic heterocycles. The Morgan fingerprint density at radius 2 is 1.12 bits per heavy atom. The Bertz CT molecular complexity index is 2070. The third kappa shape index (κ3) is 3.79. The summed E-state index contributed by atoms with van der Waals surface area (Å²) in [6.07, 6.45) is 0. The summed E-state index contributed by atoms with van der Waals surface area (Å²) in [4.78, 5) is 15.0. The molecule has 188 valence electrons. The lowest BCUT2D eigenvalue weighted by Crippen LogP contribution is -1.96. The maximum absolute atomic E-state index is 6.25. The van der Waals surface area contributed by atoms with Crippen molar-refractivity contribution in [1.82, 2.24) is 15.0 Å². The van der Waals surface area contributed by atoms with Crippen molar-refractivity contribution in [1.29, 1.82) is 0 Å². The van der Waals surface area contributed by atoms with Gasteiger partial charge in [0, 0.05) is 42.4 Å². The van der Waals surface area contributed by atoms with Crippen LogP contribution in [-0.4, -0.2) is 15.0 Å². The molecule has 0 saturated heterocycles. The third-order valence-electron chi connectivity index (χ3n) is 7.15. The fourth-order valence-corrected chi connectivity index (χ4v) is 6.46. The zero-order chi connectivity index (χ0) is 26.5. The Balaban J connectivity index is 1.42. The third-order valence-corrected chi connectivity index (χ3v) is 8.27. The van der Waals surface area contributed by atoms with E-state index >= 15 is 0 Å². The molecule has 0 N–H and O–H groups in total. The fraction of sp³-hybridized carbons (Fsp3) is 0. The van der Waals surface area contributed by atoms with Crippen LogP contribution < -0.4 is 0 Å². The molecule has 0 spiro atoms. The first-order valence-electron chi connectivity index (χ1n) is 13.1. The highest BCUT2D eigenvalue weighted by atomic mass is 32.1. The number of hydrogen-bond donors (Lipinski definition) is 0. The summed E-state index contributed by atoms with van der Waals surface area (Å²) in [6.45, 7) is 0. The zero-order valence-corrected chi connectivity index (χ0v) is 22.1. The van der Waals surface area contributed by atoms with Crippen LogP contribution in [0.5, 0.6) is 0 Å². The van der Waals surface area contributed by atoms with Crippen LogP contribution in [0.1, 0.15) is 0 Å². The lowest BCUT2D eigenvalue weighted by molar-refractivity contribution is 0.620. The molecular weight excluding hydrogens is 510 g/mol. The van der Waals surface area contributed by atoms with Crippen molar-refractivity contribution in [3.8, 4) is 45.4 Å². The Labute approximate surface area is 234 Å². The van der Waals surface area contributed by atoms with E-state index in [1.807, 2.05) is 60.7 Å². The molecule has 0 fully saturated rings. The molecule has 0 aliphatic carbocycles. The van der Waals surface area contributed by atoms with E-state index < -0.39 is 0 Å². The first kappa shape index (κ1) is 22.8. The molecule has 8 aromatic rings. The Morgan fingerprint density at radius 3 is 1.88 bits per heavy atom. The van der Waals surface area contributed by atoms with E-state index in [4.69, 9.17) is 19.4 Å². The van der Waals surface area contributed by atoms with Crippen molar-refractivity contribution >= 4 is 42.6 Å². The second kappa shape index (κ2) is 9.26. The summed E-state index contributed by atoms with van der Waals surface area (Å²) in [5, 5.41) is 2.28. The van der Waals surface area contributed by atoms with Crippen LogP contribution in [0.25, 0.3) is 76.6 Å². The molecule has 0 saturated carbocycles. The van der Waals surface area contributed by atoms with Crippen LogP contribution in [0.2, 0.25) is 0 Å². The van der Waals surface area contributed by atoms with Gasteiger partial charge in [-0.3, -0.25) is 0 Å². The number of para-hydroxylation sites is 2. The normalized spacial score (nSPS) is 11.5. The van der Waals surface area contributed by atoms with E-state index in [1.54, 1.807) is 11.3 Å². The van der Waals surface area contributed by atoms with Crippen molar-refractivity contribution in [3.05, 3.63) is 127 Å². The van der Waals surface area contributed by atoms with Crippen molar-refractivity contribution in [3.63, 3.8) is 0 Å². The first-order valence-corrected chi connectivity index (χ1v) is 13.9. The van der Waals surface area contributed by atoms with Gasteiger partial charge in [-0.1, -0.05) is 91.0 Å². The highest BCUT2D eigenvalue weighted by Gasteiger charge is 2.20. The standard InChI is InChI=1S/C35H21N3OS/c1-3-11-22(12-4-1)27-21-28(37-34(36-27)23-13-5-2-6-14-23)24-15-9-19-30-32(24)33-25(16-10-20-31(33)40-30)35-38-26-17-7-8-18-29(26)39-35/h1-21H.